The van der Waals surface area contributed by atoms with Crippen LogP contribution in [0.4, 0.5) is 5.69 Å². The van der Waals surface area contributed by atoms with Gasteiger partial charge in [-0.3, -0.25) is 9.78 Å². The number of fused-ring (bicyclic) bond motifs is 3. The van der Waals surface area contributed by atoms with Gasteiger partial charge in [0.25, 0.3) is 6.17 Å². The number of carboxylic acid groups (broad SMARTS) is 1. The second-order valence-corrected chi connectivity index (χ2v) is 7.86. The number of hydrogen-bond donors (Lipinski definition) is 3. The zero-order chi connectivity index (χ0) is 20.4. The molecule has 2 heterocycles. The number of aromatic nitrogens is 3. The normalized spacial score (nSPS) is 14.6. The second-order valence-electron chi connectivity index (χ2n) is 6.77. The number of hydrogen-bond acceptors (Lipinski definition) is 5. The predicted octanol–water partition coefficient (Wildman–Crippen LogP) is 3.29. The molecule has 1 aliphatic rings. The third-order valence-electron chi connectivity index (χ3n) is 4.79. The van der Waals surface area contributed by atoms with Crippen molar-refractivity contribution >= 4 is 23.4 Å². The monoisotopic (exact) mass is 409 g/mol. The zero-order valence-electron chi connectivity index (χ0n) is 15.9. The van der Waals surface area contributed by atoms with Crippen molar-refractivity contribution in [2.45, 2.75) is 31.1 Å². The van der Waals surface area contributed by atoms with E-state index in [9.17, 15) is 9.59 Å². The summed E-state index contributed by atoms with van der Waals surface area (Å²) in [7, 11) is 0. The molecule has 7 nitrogen and oxygen atoms in total. The number of unbranched alkanes of at least 4 members (excludes halogenated alkanes) is 1. The van der Waals surface area contributed by atoms with Crippen LogP contribution >= 0.6 is 11.8 Å². The van der Waals surface area contributed by atoms with Crippen LogP contribution in [0.1, 0.15) is 41.9 Å². The van der Waals surface area contributed by atoms with Crippen LogP contribution in [0, 0.1) is 0 Å². The zero-order valence-corrected chi connectivity index (χ0v) is 16.7. The summed E-state index contributed by atoms with van der Waals surface area (Å²) in [6.07, 6.45) is 1.69. The molecule has 0 radical (unpaired) electrons. The highest BCUT2D eigenvalue weighted by Gasteiger charge is 2.37. The summed E-state index contributed by atoms with van der Waals surface area (Å²) < 4.78 is 1.70. The van der Waals surface area contributed by atoms with Crippen LogP contribution < -0.4 is 15.6 Å². The Morgan fingerprint density at radius 2 is 1.97 bits per heavy atom. The fourth-order valence-corrected chi connectivity index (χ4v) is 4.24. The molecule has 3 aromatic rings. The van der Waals surface area contributed by atoms with Crippen LogP contribution in [0.25, 0.3) is 11.3 Å². The smallest absolute Gasteiger partial charge is 0.335 e. The van der Waals surface area contributed by atoms with Gasteiger partial charge in [0.15, 0.2) is 0 Å². The molecule has 0 fully saturated rings. The van der Waals surface area contributed by atoms with Gasteiger partial charge < -0.3 is 10.4 Å². The standard InChI is InChI=1S/C21H20N4O3S/c1-2-3-12-29-21-23-19(26)17-15-6-4-5-7-16(15)22-18(25(17)24-21)13-8-10-14(11-9-13)20(27)28/h4-11,18H,2-3,12H2,1H3,(H2,23,24,26,27,28)/p+1/t18-/m1/s1. The lowest BCUT2D eigenvalue weighted by Gasteiger charge is -2.22. The van der Waals surface area contributed by atoms with Gasteiger partial charge in [-0.25, -0.2) is 4.79 Å². The maximum atomic E-state index is 13.0. The van der Waals surface area contributed by atoms with Crippen LogP contribution in [0.5, 0.6) is 0 Å². The molecular weight excluding hydrogens is 388 g/mol. The average Bonchev–Trinajstić information content (AvgIpc) is 2.73. The fourth-order valence-electron chi connectivity index (χ4n) is 3.30. The van der Waals surface area contributed by atoms with Crippen molar-refractivity contribution in [2.24, 2.45) is 0 Å². The predicted molar refractivity (Wildman–Crippen MR) is 111 cm³/mol. The van der Waals surface area contributed by atoms with Gasteiger partial charge >= 0.3 is 17.2 Å². The van der Waals surface area contributed by atoms with Gasteiger partial charge in [0.1, 0.15) is 0 Å². The Morgan fingerprint density at radius 1 is 1.21 bits per heavy atom. The SMILES string of the molecule is CCCCSc1n[n+]2c(c(=O)[nH]1)-c1ccccc1N[C@H]2c1ccc(C(=O)O)cc1. The van der Waals surface area contributed by atoms with Gasteiger partial charge in [0, 0.05) is 16.4 Å². The first-order valence-corrected chi connectivity index (χ1v) is 10.4. The lowest BCUT2D eigenvalue weighted by Crippen LogP contribution is -2.55. The molecule has 1 aliphatic heterocycles. The van der Waals surface area contributed by atoms with Crippen molar-refractivity contribution < 1.29 is 14.6 Å². The molecule has 2 aromatic carbocycles. The summed E-state index contributed by atoms with van der Waals surface area (Å²) in [5.41, 5.74) is 2.93. The summed E-state index contributed by atoms with van der Waals surface area (Å²) >= 11 is 1.52. The molecular formula is C21H21N4O3S+. The van der Waals surface area contributed by atoms with Gasteiger partial charge in [-0.2, -0.15) is 0 Å². The number of carbonyl (C=O) groups is 1. The van der Waals surface area contributed by atoms with Crippen LogP contribution in [0.3, 0.4) is 0 Å². The molecule has 148 valence electrons. The summed E-state index contributed by atoms with van der Waals surface area (Å²) in [6, 6.07) is 14.2. The topological polar surface area (TPSA) is 99.0 Å². The van der Waals surface area contributed by atoms with Crippen molar-refractivity contribution in [1.82, 2.24) is 10.1 Å². The third-order valence-corrected chi connectivity index (χ3v) is 5.74. The van der Waals surface area contributed by atoms with E-state index in [1.165, 1.54) is 11.8 Å². The molecule has 0 bridgehead atoms. The number of nitrogens with one attached hydrogen (secondary N) is 2. The number of rotatable bonds is 6. The van der Waals surface area contributed by atoms with E-state index in [4.69, 9.17) is 10.2 Å². The van der Waals surface area contributed by atoms with Crippen molar-refractivity contribution in [2.75, 3.05) is 11.1 Å². The molecule has 1 atom stereocenters. The number of benzene rings is 2. The number of aromatic amines is 1. The van der Waals surface area contributed by atoms with Gasteiger partial charge in [0.2, 0.25) is 5.16 Å². The van der Waals surface area contributed by atoms with Crippen molar-refractivity contribution in [3.8, 4) is 11.3 Å². The Balaban J connectivity index is 1.82. The van der Waals surface area contributed by atoms with Gasteiger partial charge in [-0.15, -0.1) is 0 Å². The second kappa shape index (κ2) is 8.08. The van der Waals surface area contributed by atoms with E-state index in [0.29, 0.717) is 10.9 Å². The molecule has 0 saturated carbocycles. The maximum Gasteiger partial charge on any atom is 0.335 e. The Labute approximate surface area is 171 Å². The molecule has 0 unspecified atom stereocenters. The molecule has 4 rings (SSSR count). The van der Waals surface area contributed by atoms with Crippen LogP contribution in [0.15, 0.2) is 58.5 Å². The fraction of sp³-hybridized carbons (Fsp3) is 0.238. The molecule has 0 spiro atoms. The first-order chi connectivity index (χ1) is 14.1. The molecule has 3 N–H and O–H groups in total. The minimum atomic E-state index is -0.976. The lowest BCUT2D eigenvalue weighted by atomic mass is 10.0. The number of carboxylic acids is 1. The Kier molecular flexibility index (Phi) is 5.35. The van der Waals surface area contributed by atoms with Gasteiger partial charge in [-0.1, -0.05) is 37.2 Å². The molecule has 0 aliphatic carbocycles. The number of thioether (sulfide) groups is 1. The van der Waals surface area contributed by atoms with E-state index < -0.39 is 12.1 Å². The molecule has 29 heavy (non-hydrogen) atoms. The van der Waals surface area contributed by atoms with E-state index in [1.807, 2.05) is 24.3 Å². The Hall–Kier alpha value is -3.13. The van der Waals surface area contributed by atoms with Crippen LogP contribution in [0.2, 0.25) is 0 Å². The minimum Gasteiger partial charge on any atom is -0.478 e. The van der Waals surface area contributed by atoms with Crippen LogP contribution in [-0.4, -0.2) is 26.9 Å². The number of aromatic carboxylic acids is 1. The number of H-pyrrole nitrogens is 1. The van der Waals surface area contributed by atoms with Gasteiger partial charge in [0.05, 0.1) is 16.8 Å². The van der Waals surface area contributed by atoms with Crippen molar-refractivity contribution in [3.63, 3.8) is 0 Å². The van der Waals surface area contributed by atoms with Gasteiger partial charge in [-0.05, 0) is 47.5 Å². The van der Waals surface area contributed by atoms with E-state index in [1.54, 1.807) is 28.9 Å². The molecule has 0 amide bonds. The number of anilines is 1. The summed E-state index contributed by atoms with van der Waals surface area (Å²) in [6.45, 7) is 2.12. The molecule has 8 heteroatoms. The quantitative estimate of drug-likeness (QED) is 0.328. The third kappa shape index (κ3) is 3.75. The Bertz CT molecular complexity index is 1110. The van der Waals surface area contributed by atoms with Crippen molar-refractivity contribution in [3.05, 3.63) is 70.0 Å². The highest BCUT2D eigenvalue weighted by Crippen LogP contribution is 2.31. The Morgan fingerprint density at radius 3 is 2.69 bits per heavy atom. The first kappa shape index (κ1) is 19.2. The highest BCUT2D eigenvalue weighted by atomic mass is 32.2. The number of para-hydroxylation sites is 1. The maximum absolute atomic E-state index is 13.0. The molecule has 1 aromatic heterocycles. The minimum absolute atomic E-state index is 0.194. The number of nitrogens with zero attached hydrogens (tertiary/aromatic N) is 2. The van der Waals surface area contributed by atoms with E-state index in [-0.39, 0.29) is 11.1 Å². The average molecular weight is 409 g/mol. The summed E-state index contributed by atoms with van der Waals surface area (Å²) in [5, 5.41) is 17.9. The van der Waals surface area contributed by atoms with E-state index in [0.717, 1.165) is 35.4 Å². The van der Waals surface area contributed by atoms with E-state index >= 15 is 0 Å². The summed E-state index contributed by atoms with van der Waals surface area (Å²) in [4.78, 5) is 27.1. The first-order valence-electron chi connectivity index (χ1n) is 9.46. The lowest BCUT2D eigenvalue weighted by molar-refractivity contribution is -0.759. The summed E-state index contributed by atoms with van der Waals surface area (Å²) in [5.74, 6) is -0.100. The highest BCUT2D eigenvalue weighted by molar-refractivity contribution is 7.99. The van der Waals surface area contributed by atoms with Crippen molar-refractivity contribution in [1.29, 1.82) is 0 Å². The van der Waals surface area contributed by atoms with E-state index in [2.05, 4.69) is 17.2 Å². The molecule has 0 saturated heterocycles. The largest absolute Gasteiger partial charge is 0.478 e. The van der Waals surface area contributed by atoms with Crippen LogP contribution in [-0.2, 0) is 0 Å².